The Morgan fingerprint density at radius 3 is 3.00 bits per heavy atom. The fourth-order valence-corrected chi connectivity index (χ4v) is 3.23. The lowest BCUT2D eigenvalue weighted by atomic mass is 10.1. The van der Waals surface area contributed by atoms with E-state index in [2.05, 4.69) is 27.0 Å². The van der Waals surface area contributed by atoms with Crippen molar-refractivity contribution in [3.05, 3.63) is 17.6 Å². The quantitative estimate of drug-likeness (QED) is 0.789. The molecule has 0 radical (unpaired) electrons. The summed E-state index contributed by atoms with van der Waals surface area (Å²) in [4.78, 5) is 8.36. The summed E-state index contributed by atoms with van der Waals surface area (Å²) in [6.45, 7) is 4.96. The largest absolute Gasteiger partial charge is 0.396 e. The molecule has 5 nitrogen and oxygen atoms in total. The number of hydrogen-bond donors (Lipinski definition) is 2. The van der Waals surface area contributed by atoms with Crippen molar-refractivity contribution in [1.82, 2.24) is 9.97 Å². The van der Waals surface area contributed by atoms with E-state index in [-0.39, 0.29) is 6.61 Å². The number of nitrogens with zero attached hydrogens (tertiary/aromatic N) is 3. The Labute approximate surface area is 111 Å². The topological polar surface area (TPSA) is 75.0 Å². The lowest BCUT2D eigenvalue weighted by molar-refractivity contribution is -0.567. The highest BCUT2D eigenvalue weighted by molar-refractivity contribution is 8.12. The molecule has 1 aliphatic rings. The molecule has 2 atom stereocenters. The standard InChI is InChI=1S/C12H19N4OS/c1-8-11(3-4-17)18-7-16(8)6-10-5-14-9(2)15-12(10)13/h5,7-8,11,17H,3-4,6H2,1-2H3,(H2,13,14,15)/q+1. The predicted molar refractivity (Wildman–Crippen MR) is 73.8 cm³/mol. The Hall–Kier alpha value is -1.14. The van der Waals surface area contributed by atoms with Gasteiger partial charge in [-0.3, -0.25) is 0 Å². The minimum atomic E-state index is 0.236. The average Bonchev–Trinajstić information content (AvgIpc) is 2.66. The van der Waals surface area contributed by atoms with Crippen LogP contribution >= 0.6 is 11.8 Å². The Kier molecular flexibility index (Phi) is 4.19. The number of nitrogen functional groups attached to an aromatic ring is 1. The lowest BCUT2D eigenvalue weighted by Crippen LogP contribution is -2.28. The second-order valence-electron chi connectivity index (χ2n) is 4.53. The second-order valence-corrected chi connectivity index (χ2v) is 5.62. The van der Waals surface area contributed by atoms with Crippen molar-refractivity contribution in [2.24, 2.45) is 0 Å². The van der Waals surface area contributed by atoms with E-state index in [4.69, 9.17) is 10.8 Å². The van der Waals surface area contributed by atoms with Gasteiger partial charge in [-0.1, -0.05) is 11.8 Å². The van der Waals surface area contributed by atoms with Crippen LogP contribution in [0.25, 0.3) is 0 Å². The molecule has 0 saturated heterocycles. The molecule has 6 heteroatoms. The molecule has 18 heavy (non-hydrogen) atoms. The van der Waals surface area contributed by atoms with Gasteiger partial charge in [0.2, 0.25) is 0 Å². The molecule has 2 heterocycles. The summed E-state index contributed by atoms with van der Waals surface area (Å²) in [5.74, 6) is 1.25. The summed E-state index contributed by atoms with van der Waals surface area (Å²) in [5, 5.41) is 9.46. The maximum Gasteiger partial charge on any atom is 0.199 e. The van der Waals surface area contributed by atoms with Crippen LogP contribution in [-0.4, -0.2) is 43.1 Å². The Morgan fingerprint density at radius 2 is 2.33 bits per heavy atom. The molecule has 98 valence electrons. The van der Waals surface area contributed by atoms with Gasteiger partial charge in [0.05, 0.1) is 10.8 Å². The van der Waals surface area contributed by atoms with E-state index >= 15 is 0 Å². The third-order valence-electron chi connectivity index (χ3n) is 3.22. The highest BCUT2D eigenvalue weighted by Gasteiger charge is 2.33. The molecule has 1 aromatic rings. The zero-order valence-corrected chi connectivity index (χ0v) is 11.5. The molecule has 0 aliphatic carbocycles. The summed E-state index contributed by atoms with van der Waals surface area (Å²) in [7, 11) is 0. The SMILES string of the molecule is Cc1ncc(C[N+]2=CSC(CCO)C2C)c(N)n1. The van der Waals surface area contributed by atoms with Gasteiger partial charge in [-0.25, -0.2) is 14.5 Å². The molecular weight excluding hydrogens is 248 g/mol. The van der Waals surface area contributed by atoms with Gasteiger partial charge in [0, 0.05) is 12.8 Å². The van der Waals surface area contributed by atoms with E-state index in [1.165, 1.54) is 0 Å². The zero-order chi connectivity index (χ0) is 13.1. The van der Waals surface area contributed by atoms with Crippen molar-refractivity contribution in [3.63, 3.8) is 0 Å². The molecule has 1 aliphatic heterocycles. The number of aliphatic hydroxyl groups excluding tert-OH is 1. The van der Waals surface area contributed by atoms with Crippen LogP contribution in [0.1, 0.15) is 24.7 Å². The zero-order valence-electron chi connectivity index (χ0n) is 10.7. The van der Waals surface area contributed by atoms with Gasteiger partial charge in [0.1, 0.15) is 11.6 Å². The van der Waals surface area contributed by atoms with E-state index in [1.54, 1.807) is 18.0 Å². The maximum absolute atomic E-state index is 9.01. The Bertz CT molecular complexity index is 463. The van der Waals surface area contributed by atoms with Gasteiger partial charge in [0.25, 0.3) is 0 Å². The van der Waals surface area contributed by atoms with E-state index in [9.17, 15) is 0 Å². The first-order valence-electron chi connectivity index (χ1n) is 6.05. The first-order valence-corrected chi connectivity index (χ1v) is 6.99. The molecule has 0 bridgehead atoms. The Balaban J connectivity index is 2.06. The monoisotopic (exact) mass is 267 g/mol. The number of aromatic nitrogens is 2. The summed E-state index contributed by atoms with van der Waals surface area (Å²) in [6, 6.07) is 0.392. The van der Waals surface area contributed by atoms with Crippen molar-refractivity contribution in [2.45, 2.75) is 38.1 Å². The van der Waals surface area contributed by atoms with Crippen molar-refractivity contribution in [3.8, 4) is 0 Å². The van der Waals surface area contributed by atoms with E-state index in [0.717, 1.165) is 18.5 Å². The minimum absolute atomic E-state index is 0.236. The van der Waals surface area contributed by atoms with Crippen molar-refractivity contribution in [1.29, 1.82) is 0 Å². The number of hydrogen-bond acceptors (Lipinski definition) is 5. The molecular formula is C12H19N4OS+. The predicted octanol–water partition coefficient (Wildman–Crippen LogP) is 0.794. The highest BCUT2D eigenvalue weighted by Crippen LogP contribution is 2.26. The first-order chi connectivity index (χ1) is 8.61. The third-order valence-corrected chi connectivity index (χ3v) is 4.59. The highest BCUT2D eigenvalue weighted by atomic mass is 32.2. The van der Waals surface area contributed by atoms with Gasteiger partial charge >= 0.3 is 0 Å². The van der Waals surface area contributed by atoms with Gasteiger partial charge in [-0.2, -0.15) is 0 Å². The van der Waals surface area contributed by atoms with Crippen LogP contribution in [0.3, 0.4) is 0 Å². The van der Waals surface area contributed by atoms with Crippen molar-refractivity contribution in [2.75, 3.05) is 12.3 Å². The first kappa shape index (κ1) is 13.3. The fraction of sp³-hybridized carbons (Fsp3) is 0.583. The van der Waals surface area contributed by atoms with Gasteiger partial charge in [-0.15, -0.1) is 0 Å². The molecule has 2 rings (SSSR count). The Morgan fingerprint density at radius 1 is 1.56 bits per heavy atom. The van der Waals surface area contributed by atoms with Gasteiger partial charge in [0.15, 0.2) is 18.1 Å². The molecule has 1 aromatic heterocycles. The molecule has 0 aromatic carbocycles. The summed E-state index contributed by atoms with van der Waals surface area (Å²) in [5.41, 5.74) is 8.97. The summed E-state index contributed by atoms with van der Waals surface area (Å²) >= 11 is 1.77. The van der Waals surface area contributed by atoms with Crippen LogP contribution in [0.4, 0.5) is 5.82 Å². The van der Waals surface area contributed by atoms with Crippen LogP contribution in [0.2, 0.25) is 0 Å². The van der Waals surface area contributed by atoms with Gasteiger partial charge in [-0.05, 0) is 20.3 Å². The molecule has 0 amide bonds. The number of aliphatic hydroxyl groups is 1. The number of rotatable bonds is 4. The molecule has 0 fully saturated rings. The third kappa shape index (κ3) is 2.81. The van der Waals surface area contributed by atoms with E-state index in [1.807, 2.05) is 6.92 Å². The van der Waals surface area contributed by atoms with Crippen LogP contribution in [0.5, 0.6) is 0 Å². The average molecular weight is 267 g/mol. The van der Waals surface area contributed by atoms with E-state index in [0.29, 0.717) is 22.9 Å². The van der Waals surface area contributed by atoms with Gasteiger partial charge < -0.3 is 10.8 Å². The molecule has 0 saturated carbocycles. The lowest BCUT2D eigenvalue weighted by Gasteiger charge is -2.12. The normalized spacial score (nSPS) is 23.2. The van der Waals surface area contributed by atoms with Crippen LogP contribution in [-0.2, 0) is 6.54 Å². The second kappa shape index (κ2) is 5.67. The maximum atomic E-state index is 9.01. The minimum Gasteiger partial charge on any atom is -0.396 e. The summed E-state index contributed by atoms with van der Waals surface area (Å²) < 4.78 is 2.23. The smallest absolute Gasteiger partial charge is 0.199 e. The summed E-state index contributed by atoms with van der Waals surface area (Å²) in [6.07, 6.45) is 2.61. The fourth-order valence-electron chi connectivity index (χ4n) is 2.03. The number of aryl methyl sites for hydroxylation is 1. The van der Waals surface area contributed by atoms with Crippen LogP contribution in [0, 0.1) is 6.92 Å². The number of nitrogens with two attached hydrogens (primary N) is 1. The van der Waals surface area contributed by atoms with Crippen molar-refractivity contribution >= 4 is 23.1 Å². The van der Waals surface area contributed by atoms with Crippen molar-refractivity contribution < 1.29 is 9.68 Å². The molecule has 0 spiro atoms. The number of thioether (sulfide) groups is 1. The van der Waals surface area contributed by atoms with E-state index < -0.39 is 0 Å². The number of anilines is 1. The van der Waals surface area contributed by atoms with Crippen LogP contribution in [0.15, 0.2) is 6.20 Å². The molecule has 3 N–H and O–H groups in total. The molecule has 2 unspecified atom stereocenters. The van der Waals surface area contributed by atoms with Crippen LogP contribution < -0.4 is 5.73 Å².